The van der Waals surface area contributed by atoms with Crippen LogP contribution in [0.25, 0.3) is 11.4 Å². The molecule has 0 radical (unpaired) electrons. The van der Waals surface area contributed by atoms with Gasteiger partial charge in [0.25, 0.3) is 11.6 Å². The number of rotatable bonds is 7. The number of non-ortho nitro benzene ring substituents is 1. The molecule has 0 fully saturated rings. The predicted octanol–water partition coefficient (Wildman–Crippen LogP) is 4.57. The quantitative estimate of drug-likeness (QED) is 0.280. The molecule has 1 atom stereocenters. The Morgan fingerprint density at radius 1 is 1.16 bits per heavy atom. The van der Waals surface area contributed by atoms with Gasteiger partial charge in [0.1, 0.15) is 11.8 Å². The smallest absolute Gasteiger partial charge is 0.269 e. The SMILES string of the molecule is CCOc1ccccc1C1C(C(=O)Nc2cccnc2)=C(C)Nc2nc(-c3ccc([N+](=O)[O-])cc3)nn21. The van der Waals surface area contributed by atoms with Gasteiger partial charge in [-0.25, -0.2) is 4.68 Å². The maximum Gasteiger partial charge on any atom is 0.269 e. The molecule has 186 valence electrons. The van der Waals surface area contributed by atoms with Crippen molar-refractivity contribution in [1.82, 2.24) is 19.7 Å². The van der Waals surface area contributed by atoms with Crippen LogP contribution < -0.4 is 15.4 Å². The molecule has 3 heterocycles. The fourth-order valence-corrected chi connectivity index (χ4v) is 4.22. The number of benzene rings is 2. The zero-order chi connectivity index (χ0) is 25.9. The summed E-state index contributed by atoms with van der Waals surface area (Å²) >= 11 is 0. The van der Waals surface area contributed by atoms with Gasteiger partial charge in [-0.2, -0.15) is 4.98 Å². The van der Waals surface area contributed by atoms with Crippen LogP contribution in [0.3, 0.4) is 0 Å². The fourth-order valence-electron chi connectivity index (χ4n) is 4.22. The van der Waals surface area contributed by atoms with Crippen molar-refractivity contribution < 1.29 is 14.5 Å². The summed E-state index contributed by atoms with van der Waals surface area (Å²) in [6.07, 6.45) is 3.20. The predicted molar refractivity (Wildman–Crippen MR) is 137 cm³/mol. The number of hydrogen-bond acceptors (Lipinski definition) is 8. The van der Waals surface area contributed by atoms with E-state index in [1.807, 2.05) is 31.2 Å². The molecule has 0 bridgehead atoms. The van der Waals surface area contributed by atoms with Crippen molar-refractivity contribution in [2.24, 2.45) is 0 Å². The first-order valence-electron chi connectivity index (χ1n) is 11.6. The summed E-state index contributed by atoms with van der Waals surface area (Å²) in [4.78, 5) is 32.9. The van der Waals surface area contributed by atoms with Gasteiger partial charge in [0.15, 0.2) is 5.82 Å². The number of pyridine rings is 1. The number of nitrogens with zero attached hydrogens (tertiary/aromatic N) is 5. The summed E-state index contributed by atoms with van der Waals surface area (Å²) in [6, 6.07) is 16.3. The third kappa shape index (κ3) is 4.61. The summed E-state index contributed by atoms with van der Waals surface area (Å²) in [5, 5.41) is 21.9. The summed E-state index contributed by atoms with van der Waals surface area (Å²) in [7, 11) is 0. The van der Waals surface area contributed by atoms with E-state index in [9.17, 15) is 14.9 Å². The van der Waals surface area contributed by atoms with Gasteiger partial charge >= 0.3 is 0 Å². The van der Waals surface area contributed by atoms with Crippen LogP contribution in [0.1, 0.15) is 25.5 Å². The Hall–Kier alpha value is -5.06. The van der Waals surface area contributed by atoms with Crippen molar-refractivity contribution in [3.63, 3.8) is 0 Å². The average Bonchev–Trinajstić information content (AvgIpc) is 3.32. The van der Waals surface area contributed by atoms with Crippen LogP contribution in [0.2, 0.25) is 0 Å². The minimum atomic E-state index is -0.657. The number of hydrogen-bond donors (Lipinski definition) is 2. The molecule has 2 aromatic heterocycles. The zero-order valence-corrected chi connectivity index (χ0v) is 20.1. The minimum Gasteiger partial charge on any atom is -0.494 e. The van der Waals surface area contributed by atoms with Crippen molar-refractivity contribution in [2.75, 3.05) is 17.2 Å². The van der Waals surface area contributed by atoms with Crippen LogP contribution in [-0.4, -0.2) is 37.2 Å². The number of aromatic nitrogens is 4. The van der Waals surface area contributed by atoms with E-state index in [1.165, 1.54) is 12.1 Å². The number of amides is 1. The highest BCUT2D eigenvalue weighted by atomic mass is 16.6. The van der Waals surface area contributed by atoms with Crippen LogP contribution in [0.15, 0.2) is 84.3 Å². The van der Waals surface area contributed by atoms with Gasteiger partial charge in [-0.3, -0.25) is 19.9 Å². The summed E-state index contributed by atoms with van der Waals surface area (Å²) in [5.41, 5.74) is 2.91. The maximum atomic E-state index is 13.6. The minimum absolute atomic E-state index is 0.0266. The van der Waals surface area contributed by atoms with E-state index in [2.05, 4.69) is 20.6 Å². The molecular weight excluding hydrogens is 474 g/mol. The molecule has 5 rings (SSSR count). The molecule has 37 heavy (non-hydrogen) atoms. The maximum absolute atomic E-state index is 13.6. The average molecular weight is 498 g/mol. The summed E-state index contributed by atoms with van der Waals surface area (Å²) < 4.78 is 7.54. The number of carbonyl (C=O) groups is 1. The van der Waals surface area contributed by atoms with E-state index < -0.39 is 11.0 Å². The number of nitro benzene ring substituents is 1. The number of fused-ring (bicyclic) bond motifs is 1. The lowest BCUT2D eigenvalue weighted by molar-refractivity contribution is -0.384. The highest BCUT2D eigenvalue weighted by Gasteiger charge is 2.36. The zero-order valence-electron chi connectivity index (χ0n) is 20.1. The topological polar surface area (TPSA) is 137 Å². The first-order chi connectivity index (χ1) is 18.0. The Bertz CT molecular complexity index is 1500. The number of nitrogens with one attached hydrogen (secondary N) is 2. The molecule has 1 aliphatic heterocycles. The molecule has 11 nitrogen and oxygen atoms in total. The molecule has 2 aromatic carbocycles. The van der Waals surface area contributed by atoms with E-state index in [4.69, 9.17) is 9.84 Å². The van der Waals surface area contributed by atoms with E-state index in [0.717, 1.165) is 5.56 Å². The van der Waals surface area contributed by atoms with E-state index in [-0.39, 0.29) is 11.6 Å². The van der Waals surface area contributed by atoms with Gasteiger partial charge in [-0.05, 0) is 44.2 Å². The molecule has 1 amide bonds. The fraction of sp³-hybridized carbons (Fsp3) is 0.154. The lowest BCUT2D eigenvalue weighted by Gasteiger charge is -2.29. The lowest BCUT2D eigenvalue weighted by atomic mass is 9.94. The molecule has 0 spiro atoms. The Morgan fingerprint density at radius 3 is 2.65 bits per heavy atom. The Labute approximate surface area is 212 Å². The van der Waals surface area contributed by atoms with Gasteiger partial charge in [0.05, 0.1) is 29.0 Å². The number of carbonyl (C=O) groups excluding carboxylic acids is 1. The second kappa shape index (κ2) is 9.90. The van der Waals surface area contributed by atoms with Gasteiger partial charge in [-0.15, -0.1) is 5.10 Å². The molecule has 2 N–H and O–H groups in total. The van der Waals surface area contributed by atoms with Gasteiger partial charge in [0.2, 0.25) is 5.95 Å². The van der Waals surface area contributed by atoms with Gasteiger partial charge in [-0.1, -0.05) is 18.2 Å². The molecule has 0 saturated carbocycles. The number of anilines is 2. The molecule has 0 saturated heterocycles. The van der Waals surface area contributed by atoms with Crippen LogP contribution >= 0.6 is 0 Å². The van der Waals surface area contributed by atoms with Crippen LogP contribution in [0, 0.1) is 10.1 Å². The molecule has 11 heteroatoms. The largest absolute Gasteiger partial charge is 0.494 e. The standard InChI is InChI=1S/C26H23N7O4/c1-3-37-21-9-5-4-8-20(21)23-22(25(34)29-18-7-6-14-27-15-18)16(2)28-26-30-24(31-32(23)26)17-10-12-19(13-11-17)33(35)36/h4-15,23H,3H2,1-2H3,(H,29,34)(H,28,30,31). The van der Waals surface area contributed by atoms with Crippen molar-refractivity contribution in [3.8, 4) is 17.1 Å². The summed E-state index contributed by atoms with van der Waals surface area (Å²) in [6.45, 7) is 4.14. The number of nitro groups is 1. The molecule has 4 aromatic rings. The van der Waals surface area contributed by atoms with Crippen molar-refractivity contribution in [3.05, 3.63) is 100 Å². The number of allylic oxidation sites excluding steroid dienone is 1. The first kappa shape index (κ1) is 23.7. The van der Waals surface area contributed by atoms with E-state index in [0.29, 0.717) is 46.7 Å². The van der Waals surface area contributed by atoms with E-state index >= 15 is 0 Å². The Kier molecular flexibility index (Phi) is 6.33. The molecule has 1 aliphatic rings. The molecule has 0 aliphatic carbocycles. The monoisotopic (exact) mass is 497 g/mol. The van der Waals surface area contributed by atoms with Gasteiger partial charge < -0.3 is 15.4 Å². The second-order valence-corrected chi connectivity index (χ2v) is 8.24. The summed E-state index contributed by atoms with van der Waals surface area (Å²) in [5.74, 6) is 1.08. The van der Waals surface area contributed by atoms with Crippen LogP contribution in [0.5, 0.6) is 5.75 Å². The van der Waals surface area contributed by atoms with Crippen molar-refractivity contribution in [2.45, 2.75) is 19.9 Å². The Balaban J connectivity index is 1.61. The third-order valence-corrected chi connectivity index (χ3v) is 5.87. The normalized spacial score (nSPS) is 14.5. The molecule has 1 unspecified atom stereocenters. The second-order valence-electron chi connectivity index (χ2n) is 8.24. The van der Waals surface area contributed by atoms with Crippen LogP contribution in [0.4, 0.5) is 17.3 Å². The van der Waals surface area contributed by atoms with Gasteiger partial charge in [0, 0.05) is 35.2 Å². The lowest BCUT2D eigenvalue weighted by Crippen LogP contribution is -2.31. The number of ether oxygens (including phenoxy) is 1. The van der Waals surface area contributed by atoms with Crippen molar-refractivity contribution >= 4 is 23.2 Å². The highest BCUT2D eigenvalue weighted by Crippen LogP contribution is 2.40. The molecular formula is C26H23N7O4. The van der Waals surface area contributed by atoms with E-state index in [1.54, 1.807) is 48.3 Å². The first-order valence-corrected chi connectivity index (χ1v) is 11.6. The Morgan fingerprint density at radius 2 is 1.95 bits per heavy atom. The van der Waals surface area contributed by atoms with Crippen LogP contribution in [-0.2, 0) is 4.79 Å². The highest BCUT2D eigenvalue weighted by molar-refractivity contribution is 6.06. The van der Waals surface area contributed by atoms with Crippen molar-refractivity contribution in [1.29, 1.82) is 0 Å². The number of para-hydroxylation sites is 1. The third-order valence-electron chi connectivity index (χ3n) is 5.87.